The van der Waals surface area contributed by atoms with Gasteiger partial charge in [0, 0.05) is 6.42 Å². The molecule has 0 amide bonds. The summed E-state index contributed by atoms with van der Waals surface area (Å²) in [6.07, 6.45) is -0.132. The maximum atomic E-state index is 11.5. The van der Waals surface area contributed by atoms with Crippen LogP contribution in [0.4, 0.5) is 0 Å². The molecule has 0 saturated heterocycles. The first kappa shape index (κ1) is 13.2. The Morgan fingerprint density at radius 1 is 1.31 bits per heavy atom. The summed E-state index contributed by atoms with van der Waals surface area (Å²) in [7, 11) is -3.78. The molecule has 6 heteroatoms. The Labute approximate surface area is 99.3 Å². The summed E-state index contributed by atoms with van der Waals surface area (Å²) in [5, 5.41) is -0.626. The third kappa shape index (κ3) is 3.92. The van der Waals surface area contributed by atoms with Crippen LogP contribution in [-0.4, -0.2) is 20.3 Å². The average molecular weight is 263 g/mol. The third-order valence-corrected chi connectivity index (χ3v) is 3.36. The zero-order chi connectivity index (χ0) is 12.2. The highest BCUT2D eigenvalue weighted by Gasteiger charge is 2.14. The molecule has 1 aromatic rings. The first-order chi connectivity index (χ1) is 7.42. The number of hydrogen-bond acceptors (Lipinski definition) is 4. The Kier molecular flexibility index (Phi) is 4.46. The maximum absolute atomic E-state index is 11.5. The monoisotopic (exact) mass is 262 g/mol. The second kappa shape index (κ2) is 5.43. The van der Waals surface area contributed by atoms with Crippen molar-refractivity contribution in [3.05, 3.63) is 29.8 Å². The van der Waals surface area contributed by atoms with Crippen molar-refractivity contribution in [2.24, 2.45) is 0 Å². The number of aryl methyl sites for hydroxylation is 1. The number of halogens is 1. The normalized spacial score (nSPS) is 11.4. The van der Waals surface area contributed by atoms with Crippen LogP contribution in [-0.2, 0) is 19.1 Å². The molecule has 0 atom stereocenters. The molecule has 0 aromatic heterocycles. The van der Waals surface area contributed by atoms with E-state index in [2.05, 4.69) is 4.18 Å². The zero-order valence-corrected chi connectivity index (χ0v) is 10.2. The Morgan fingerprint density at radius 2 is 1.88 bits per heavy atom. The molecular weight excluding hydrogens is 252 g/mol. The Bertz CT molecular complexity index is 464. The Balaban J connectivity index is 2.71. The molecule has 0 spiro atoms. The lowest BCUT2D eigenvalue weighted by molar-refractivity contribution is -0.112. The Hall–Kier alpha value is -0.910. The fraction of sp³-hybridized carbons (Fsp3) is 0.300. The summed E-state index contributed by atoms with van der Waals surface area (Å²) >= 11 is 5.06. The molecular formula is C10H11ClO4S. The molecule has 0 aliphatic heterocycles. The summed E-state index contributed by atoms with van der Waals surface area (Å²) in [5.74, 6) is 0. The van der Waals surface area contributed by atoms with E-state index < -0.39 is 15.4 Å². The largest absolute Gasteiger partial charge is 0.296 e. The molecule has 4 nitrogen and oxygen atoms in total. The minimum absolute atomic E-state index is 0.0696. The second-order valence-electron chi connectivity index (χ2n) is 3.19. The van der Waals surface area contributed by atoms with Crippen LogP contribution in [0.1, 0.15) is 12.0 Å². The molecule has 0 heterocycles. The van der Waals surface area contributed by atoms with Crippen LogP contribution >= 0.6 is 11.6 Å². The van der Waals surface area contributed by atoms with Gasteiger partial charge in [-0.25, -0.2) is 0 Å². The standard InChI is InChI=1S/C10H11ClO4S/c1-8-2-4-9(5-3-8)16(13,14)15-7-6-10(11)12/h2-5H,6-7H2,1H3. The number of benzene rings is 1. The van der Waals surface area contributed by atoms with Gasteiger partial charge in [-0.3, -0.25) is 8.98 Å². The van der Waals surface area contributed by atoms with Crippen LogP contribution in [0.2, 0.25) is 0 Å². The number of carbonyl (C=O) groups is 1. The first-order valence-corrected chi connectivity index (χ1v) is 6.35. The molecule has 1 rings (SSSR count). The predicted octanol–water partition coefficient (Wildman–Crippen LogP) is 1.86. The molecule has 0 fully saturated rings. The molecule has 16 heavy (non-hydrogen) atoms. The molecule has 0 aliphatic carbocycles. The summed E-state index contributed by atoms with van der Waals surface area (Å²) in [6.45, 7) is 1.61. The summed E-state index contributed by atoms with van der Waals surface area (Å²) in [6, 6.07) is 6.24. The molecule has 0 radical (unpaired) electrons. The quantitative estimate of drug-likeness (QED) is 0.600. The van der Waals surface area contributed by atoms with Crippen LogP contribution in [0, 0.1) is 6.92 Å². The van der Waals surface area contributed by atoms with E-state index in [0.29, 0.717) is 0 Å². The van der Waals surface area contributed by atoms with Gasteiger partial charge in [0.25, 0.3) is 10.1 Å². The second-order valence-corrected chi connectivity index (χ2v) is 5.23. The molecule has 0 aliphatic rings. The third-order valence-electron chi connectivity index (χ3n) is 1.85. The van der Waals surface area contributed by atoms with E-state index in [1.54, 1.807) is 12.1 Å². The van der Waals surface area contributed by atoms with Gasteiger partial charge < -0.3 is 0 Å². The topological polar surface area (TPSA) is 60.4 Å². The van der Waals surface area contributed by atoms with Crippen molar-refractivity contribution in [2.45, 2.75) is 18.2 Å². The molecule has 0 N–H and O–H groups in total. The van der Waals surface area contributed by atoms with E-state index in [1.807, 2.05) is 6.92 Å². The molecule has 88 valence electrons. The number of rotatable bonds is 5. The van der Waals surface area contributed by atoms with Crippen molar-refractivity contribution in [2.75, 3.05) is 6.61 Å². The van der Waals surface area contributed by atoms with E-state index in [0.717, 1.165) is 5.56 Å². The minimum atomic E-state index is -3.78. The summed E-state index contributed by atoms with van der Waals surface area (Å²) in [4.78, 5) is 10.5. The van der Waals surface area contributed by atoms with Crippen molar-refractivity contribution >= 4 is 27.0 Å². The lowest BCUT2D eigenvalue weighted by Crippen LogP contribution is -2.09. The average Bonchev–Trinajstić information content (AvgIpc) is 2.17. The van der Waals surface area contributed by atoms with E-state index in [-0.39, 0.29) is 17.9 Å². The first-order valence-electron chi connectivity index (χ1n) is 4.56. The van der Waals surface area contributed by atoms with Gasteiger partial charge in [-0.05, 0) is 30.7 Å². The fourth-order valence-electron chi connectivity index (χ4n) is 1.00. The molecule has 0 saturated carbocycles. The molecule has 0 bridgehead atoms. The highest BCUT2D eigenvalue weighted by atomic mass is 35.5. The van der Waals surface area contributed by atoms with Crippen LogP contribution in [0.3, 0.4) is 0 Å². The molecule has 1 aromatic carbocycles. The lowest BCUT2D eigenvalue weighted by atomic mass is 10.2. The fourth-order valence-corrected chi connectivity index (χ4v) is 1.99. The van der Waals surface area contributed by atoms with Gasteiger partial charge in [-0.15, -0.1) is 0 Å². The van der Waals surface area contributed by atoms with E-state index in [4.69, 9.17) is 11.6 Å². The van der Waals surface area contributed by atoms with Crippen LogP contribution in [0.15, 0.2) is 29.2 Å². The van der Waals surface area contributed by atoms with Crippen molar-refractivity contribution in [3.63, 3.8) is 0 Å². The van der Waals surface area contributed by atoms with Gasteiger partial charge >= 0.3 is 0 Å². The van der Waals surface area contributed by atoms with Crippen molar-refractivity contribution < 1.29 is 17.4 Å². The summed E-state index contributed by atoms with van der Waals surface area (Å²) in [5.41, 5.74) is 0.954. The van der Waals surface area contributed by atoms with Gasteiger partial charge in [0.2, 0.25) is 5.24 Å². The van der Waals surface area contributed by atoms with Crippen molar-refractivity contribution in [1.29, 1.82) is 0 Å². The van der Waals surface area contributed by atoms with Crippen LogP contribution in [0.5, 0.6) is 0 Å². The van der Waals surface area contributed by atoms with Crippen LogP contribution in [0.25, 0.3) is 0 Å². The smallest absolute Gasteiger partial charge is 0.281 e. The van der Waals surface area contributed by atoms with Gasteiger partial charge in [0.1, 0.15) is 0 Å². The SMILES string of the molecule is Cc1ccc(S(=O)(=O)OCCC(=O)Cl)cc1. The molecule has 0 unspecified atom stereocenters. The van der Waals surface area contributed by atoms with Crippen molar-refractivity contribution in [1.82, 2.24) is 0 Å². The van der Waals surface area contributed by atoms with Gasteiger partial charge in [-0.2, -0.15) is 8.42 Å². The van der Waals surface area contributed by atoms with Crippen molar-refractivity contribution in [3.8, 4) is 0 Å². The van der Waals surface area contributed by atoms with Gasteiger partial charge in [-0.1, -0.05) is 17.7 Å². The Morgan fingerprint density at radius 3 is 2.38 bits per heavy atom. The van der Waals surface area contributed by atoms with E-state index >= 15 is 0 Å². The lowest BCUT2D eigenvalue weighted by Gasteiger charge is -2.04. The van der Waals surface area contributed by atoms with E-state index in [9.17, 15) is 13.2 Å². The highest BCUT2D eigenvalue weighted by Crippen LogP contribution is 2.13. The van der Waals surface area contributed by atoms with Gasteiger partial charge in [0.05, 0.1) is 11.5 Å². The van der Waals surface area contributed by atoms with E-state index in [1.165, 1.54) is 12.1 Å². The highest BCUT2D eigenvalue weighted by molar-refractivity contribution is 7.86. The minimum Gasteiger partial charge on any atom is -0.281 e. The number of carbonyl (C=O) groups excluding carboxylic acids is 1. The van der Waals surface area contributed by atoms with Crippen LogP contribution < -0.4 is 0 Å². The summed E-state index contributed by atoms with van der Waals surface area (Å²) < 4.78 is 27.7. The number of hydrogen-bond donors (Lipinski definition) is 0. The van der Waals surface area contributed by atoms with Gasteiger partial charge in [0.15, 0.2) is 0 Å². The predicted molar refractivity (Wildman–Crippen MR) is 59.8 cm³/mol. The maximum Gasteiger partial charge on any atom is 0.296 e. The zero-order valence-electron chi connectivity index (χ0n) is 8.64.